The zero-order valence-electron chi connectivity index (χ0n) is 21.3. The highest BCUT2D eigenvalue weighted by atomic mass is 35.5. The van der Waals surface area contributed by atoms with Crippen LogP contribution in [0.15, 0.2) is 24.5 Å². The number of fused-ring (bicyclic) bond motifs is 1. The second-order valence-electron chi connectivity index (χ2n) is 10.8. The summed E-state index contributed by atoms with van der Waals surface area (Å²) in [5, 5.41) is 15.0. The Morgan fingerprint density at radius 2 is 1.84 bits per heavy atom. The van der Waals surface area contributed by atoms with Crippen LogP contribution in [-0.4, -0.2) is 63.6 Å². The number of benzene rings is 1. The van der Waals surface area contributed by atoms with Crippen molar-refractivity contribution >= 4 is 59.7 Å². The quantitative estimate of drug-likeness (QED) is 0.514. The van der Waals surface area contributed by atoms with Gasteiger partial charge in [-0.1, -0.05) is 36.2 Å². The lowest BCUT2D eigenvalue weighted by Gasteiger charge is -2.39. The number of aliphatic hydroxyl groups is 1. The van der Waals surface area contributed by atoms with Gasteiger partial charge in [0.05, 0.1) is 27.8 Å². The van der Waals surface area contributed by atoms with Crippen molar-refractivity contribution in [1.29, 1.82) is 0 Å². The molecular formula is C26H35Cl4N5O2. The maximum absolute atomic E-state index is 14.0. The summed E-state index contributed by atoms with van der Waals surface area (Å²) < 4.78 is 0. The van der Waals surface area contributed by atoms with Crippen LogP contribution in [0.5, 0.6) is 0 Å². The number of carbonyl (C=O) groups excluding carboxylic acids is 1. The van der Waals surface area contributed by atoms with Crippen molar-refractivity contribution in [2.45, 2.75) is 69.6 Å². The molecule has 3 aliphatic rings. The fourth-order valence-electron chi connectivity index (χ4n) is 5.95. The molecule has 4 atom stereocenters. The van der Waals surface area contributed by atoms with Gasteiger partial charge >= 0.3 is 0 Å². The largest absolute Gasteiger partial charge is 0.387 e. The second-order valence-corrected chi connectivity index (χ2v) is 11.6. The van der Waals surface area contributed by atoms with Gasteiger partial charge in [0.15, 0.2) is 0 Å². The maximum Gasteiger partial charge on any atom is 0.231 e. The molecule has 2 N–H and O–H groups in total. The molecule has 2 fully saturated rings. The van der Waals surface area contributed by atoms with Gasteiger partial charge in [-0.05, 0) is 56.7 Å². The van der Waals surface area contributed by atoms with E-state index in [2.05, 4.69) is 41.0 Å². The van der Waals surface area contributed by atoms with E-state index in [0.717, 1.165) is 35.5 Å². The van der Waals surface area contributed by atoms with Crippen LogP contribution in [0.4, 0.5) is 5.82 Å². The van der Waals surface area contributed by atoms with E-state index in [1.54, 1.807) is 12.4 Å². The van der Waals surface area contributed by atoms with Crippen LogP contribution in [0.3, 0.4) is 0 Å². The summed E-state index contributed by atoms with van der Waals surface area (Å²) in [6, 6.07) is 5.59. The Morgan fingerprint density at radius 3 is 2.46 bits per heavy atom. The third-order valence-corrected chi connectivity index (χ3v) is 8.54. The lowest BCUT2D eigenvalue weighted by atomic mass is 9.88. The molecule has 1 aromatic carbocycles. The number of rotatable bonds is 4. The van der Waals surface area contributed by atoms with Gasteiger partial charge in [0.25, 0.3) is 0 Å². The smallest absolute Gasteiger partial charge is 0.231 e. The first-order valence-corrected chi connectivity index (χ1v) is 13.2. The summed E-state index contributed by atoms with van der Waals surface area (Å²) in [7, 11) is 0. The number of nitrogens with zero attached hydrogens (tertiary/aromatic N) is 4. The number of hydrogen-bond acceptors (Lipinski definition) is 6. The molecular weight excluding hydrogens is 556 g/mol. The molecule has 2 unspecified atom stereocenters. The number of amides is 1. The molecule has 11 heteroatoms. The molecule has 7 nitrogen and oxygen atoms in total. The van der Waals surface area contributed by atoms with Crippen LogP contribution in [-0.2, 0) is 4.79 Å². The second kappa shape index (κ2) is 11.8. The van der Waals surface area contributed by atoms with Crippen LogP contribution >= 0.6 is 48.0 Å². The molecule has 1 aliphatic carbocycles. The molecule has 2 aliphatic heterocycles. The molecule has 1 amide bonds. The number of piperazine rings is 1. The highest BCUT2D eigenvalue weighted by Crippen LogP contribution is 2.43. The molecule has 5 rings (SSSR count). The first-order chi connectivity index (χ1) is 16.6. The van der Waals surface area contributed by atoms with Gasteiger partial charge in [0.1, 0.15) is 12.1 Å². The average molecular weight is 591 g/mol. The summed E-state index contributed by atoms with van der Waals surface area (Å²) in [5.41, 5.74) is 2.69. The topological polar surface area (TPSA) is 81.6 Å². The van der Waals surface area contributed by atoms with Crippen LogP contribution in [0, 0.1) is 0 Å². The highest BCUT2D eigenvalue weighted by Gasteiger charge is 2.41. The summed E-state index contributed by atoms with van der Waals surface area (Å²) in [4.78, 5) is 27.1. The Morgan fingerprint density at radius 1 is 1.14 bits per heavy atom. The normalized spacial score (nSPS) is 25.2. The van der Waals surface area contributed by atoms with E-state index in [1.165, 1.54) is 0 Å². The fourth-order valence-corrected chi connectivity index (χ4v) is 6.26. The van der Waals surface area contributed by atoms with Gasteiger partial charge in [-0.3, -0.25) is 4.79 Å². The minimum absolute atomic E-state index is 0. The predicted octanol–water partition coefficient (Wildman–Crippen LogP) is 5.13. The number of halogens is 4. The Bertz CT molecular complexity index is 1130. The summed E-state index contributed by atoms with van der Waals surface area (Å²) in [6.07, 6.45) is 3.63. The highest BCUT2D eigenvalue weighted by molar-refractivity contribution is 6.42. The zero-order chi connectivity index (χ0) is 24.9. The monoisotopic (exact) mass is 589 g/mol. The molecule has 1 aromatic heterocycles. The van der Waals surface area contributed by atoms with Crippen molar-refractivity contribution in [2.75, 3.05) is 31.1 Å². The van der Waals surface area contributed by atoms with E-state index in [1.807, 2.05) is 17.0 Å². The summed E-state index contributed by atoms with van der Waals surface area (Å²) in [6.45, 7) is 9.08. The molecule has 37 heavy (non-hydrogen) atoms. The number of nitrogens with one attached hydrogen (secondary N) is 1. The van der Waals surface area contributed by atoms with Crippen molar-refractivity contribution in [2.24, 2.45) is 0 Å². The molecule has 2 saturated heterocycles. The Kier molecular flexibility index (Phi) is 9.63. The van der Waals surface area contributed by atoms with Crippen molar-refractivity contribution in [3.8, 4) is 0 Å². The molecule has 0 spiro atoms. The van der Waals surface area contributed by atoms with Crippen LogP contribution in [0.2, 0.25) is 10.0 Å². The number of anilines is 1. The van der Waals surface area contributed by atoms with Crippen LogP contribution < -0.4 is 10.2 Å². The Balaban J connectivity index is 0.00000190. The molecule has 204 valence electrons. The predicted molar refractivity (Wildman–Crippen MR) is 153 cm³/mol. The van der Waals surface area contributed by atoms with Gasteiger partial charge in [-0.2, -0.15) is 0 Å². The lowest BCUT2D eigenvalue weighted by molar-refractivity contribution is -0.133. The van der Waals surface area contributed by atoms with Gasteiger partial charge in [-0.25, -0.2) is 9.97 Å². The number of aliphatic hydroxyl groups excluding tert-OH is 1. The van der Waals surface area contributed by atoms with E-state index < -0.39 is 6.10 Å². The molecule has 0 radical (unpaired) electrons. The van der Waals surface area contributed by atoms with Crippen LogP contribution in [0.25, 0.3) is 0 Å². The van der Waals surface area contributed by atoms with Crippen molar-refractivity contribution in [3.05, 3.63) is 51.4 Å². The molecule has 0 saturated carbocycles. The number of carbonyl (C=O) groups is 1. The van der Waals surface area contributed by atoms with Crippen LogP contribution in [0.1, 0.15) is 74.8 Å². The standard InChI is InChI=1S/C26H33Cl2N5O2.2ClH/c1-15-12-20(34)23-21(15)24(30-14-29-23)32-8-10-33(11-9-32)25(35)22(19-6-7-26(2,3)31-19)16-4-5-17(27)18(28)13-16;;/h4-5,13-15,19-20,22,31,34H,6-12H2,1-3H3;2*1H/t15-,19?,20-,22?;;/m1../s1. The van der Waals surface area contributed by atoms with Gasteiger partial charge < -0.3 is 20.2 Å². The van der Waals surface area contributed by atoms with Gasteiger partial charge in [0.2, 0.25) is 5.91 Å². The maximum atomic E-state index is 14.0. The van der Waals surface area contributed by atoms with Crippen molar-refractivity contribution in [1.82, 2.24) is 20.2 Å². The Labute approximate surface area is 241 Å². The first kappa shape index (κ1) is 30.2. The minimum atomic E-state index is -0.528. The van der Waals surface area contributed by atoms with Crippen molar-refractivity contribution in [3.63, 3.8) is 0 Å². The fraction of sp³-hybridized carbons (Fsp3) is 0.577. The van der Waals surface area contributed by atoms with E-state index >= 15 is 0 Å². The first-order valence-electron chi connectivity index (χ1n) is 12.4. The number of hydrogen-bond donors (Lipinski definition) is 2. The van der Waals surface area contributed by atoms with E-state index in [0.29, 0.717) is 42.6 Å². The lowest BCUT2D eigenvalue weighted by Crippen LogP contribution is -2.53. The summed E-state index contributed by atoms with van der Waals surface area (Å²) >= 11 is 12.5. The van der Waals surface area contributed by atoms with Gasteiger partial charge in [0, 0.05) is 43.3 Å². The van der Waals surface area contributed by atoms with E-state index in [4.69, 9.17) is 23.2 Å². The molecule has 2 aromatic rings. The SMILES string of the molecule is C[C@@H]1C[C@@H](O)c2ncnc(N3CCN(C(=O)C(c4ccc(Cl)c(Cl)c4)C4CCC(C)(C)N4)CC3)c21.Cl.Cl. The third-order valence-electron chi connectivity index (χ3n) is 7.80. The third kappa shape index (κ3) is 5.97. The van der Waals surface area contributed by atoms with Crippen molar-refractivity contribution < 1.29 is 9.90 Å². The van der Waals surface area contributed by atoms with E-state index in [-0.39, 0.29) is 54.1 Å². The zero-order valence-corrected chi connectivity index (χ0v) is 24.4. The average Bonchev–Trinajstić information content (AvgIpc) is 3.34. The van der Waals surface area contributed by atoms with E-state index in [9.17, 15) is 9.90 Å². The summed E-state index contributed by atoms with van der Waals surface area (Å²) in [5.74, 6) is 0.907. The molecule has 0 bridgehead atoms. The molecule has 3 heterocycles. The van der Waals surface area contributed by atoms with Gasteiger partial charge in [-0.15, -0.1) is 24.8 Å². The Hall–Kier alpha value is -1.35. The number of aromatic nitrogens is 2. The minimum Gasteiger partial charge on any atom is -0.387 e.